The van der Waals surface area contributed by atoms with Crippen molar-refractivity contribution in [2.75, 3.05) is 46.3 Å². The van der Waals surface area contributed by atoms with Gasteiger partial charge in [0.25, 0.3) is 11.8 Å². The molecule has 0 radical (unpaired) electrons. The topological polar surface area (TPSA) is 61.2 Å². The number of hydrogen-bond acceptors (Lipinski definition) is 4. The molecule has 3 rings (SSSR count). The summed E-state index contributed by atoms with van der Waals surface area (Å²) in [6.45, 7) is 8.16. The van der Waals surface area contributed by atoms with Crippen molar-refractivity contribution in [2.24, 2.45) is 0 Å². The van der Waals surface area contributed by atoms with Crippen molar-refractivity contribution in [3.05, 3.63) is 35.9 Å². The number of aromatic nitrogens is 2. The zero-order chi connectivity index (χ0) is 18.0. The zero-order valence-electron chi connectivity index (χ0n) is 15.1. The van der Waals surface area contributed by atoms with Gasteiger partial charge in [-0.15, -0.1) is 0 Å². The molecule has 1 saturated heterocycles. The molecule has 0 N–H and O–H groups in total. The Hall–Kier alpha value is -2.41. The number of fused-ring (bicyclic) bond motifs is 1. The standard InChI is InChI=1S/C18H25N5O2/c1-4-21(5-2)17(24)15-14-8-6-7-9-23(14)16(19-15)18(25)22-12-10-20(3)11-13-22/h6-9H,4-5,10-13H2,1-3H3. The fourth-order valence-corrected chi connectivity index (χ4v) is 3.16. The maximum atomic E-state index is 13.0. The Labute approximate surface area is 147 Å². The first kappa shape index (κ1) is 17.4. The maximum absolute atomic E-state index is 13.0. The molecule has 2 amide bonds. The Morgan fingerprint density at radius 2 is 1.80 bits per heavy atom. The molecule has 7 heteroatoms. The Kier molecular flexibility index (Phi) is 5.03. The summed E-state index contributed by atoms with van der Waals surface area (Å²) in [6.07, 6.45) is 1.80. The summed E-state index contributed by atoms with van der Waals surface area (Å²) in [5.41, 5.74) is 1.03. The number of likely N-dealkylation sites (N-methyl/N-ethyl adjacent to an activating group) is 1. The first-order valence-electron chi connectivity index (χ1n) is 8.81. The molecule has 134 valence electrons. The van der Waals surface area contributed by atoms with Crippen LogP contribution in [-0.4, -0.2) is 82.2 Å². The lowest BCUT2D eigenvalue weighted by Gasteiger charge is -2.31. The summed E-state index contributed by atoms with van der Waals surface area (Å²) in [5, 5.41) is 0. The first-order valence-corrected chi connectivity index (χ1v) is 8.81. The van der Waals surface area contributed by atoms with Gasteiger partial charge < -0.3 is 14.7 Å². The molecule has 0 spiro atoms. The number of carbonyl (C=O) groups excluding carboxylic acids is 2. The first-order chi connectivity index (χ1) is 12.1. The van der Waals surface area contributed by atoms with Crippen molar-refractivity contribution in [3.63, 3.8) is 0 Å². The highest BCUT2D eigenvalue weighted by Gasteiger charge is 2.28. The van der Waals surface area contributed by atoms with Crippen molar-refractivity contribution in [2.45, 2.75) is 13.8 Å². The molecule has 2 aromatic heterocycles. The van der Waals surface area contributed by atoms with Gasteiger partial charge in [0.15, 0.2) is 5.69 Å². The molecular formula is C18H25N5O2. The highest BCUT2D eigenvalue weighted by molar-refractivity contribution is 6.02. The van der Waals surface area contributed by atoms with Gasteiger partial charge in [0.2, 0.25) is 5.82 Å². The quantitative estimate of drug-likeness (QED) is 0.837. The minimum atomic E-state index is -0.133. The third kappa shape index (κ3) is 3.24. The van der Waals surface area contributed by atoms with Gasteiger partial charge in [-0.3, -0.25) is 14.0 Å². The van der Waals surface area contributed by atoms with Crippen LogP contribution in [0.1, 0.15) is 35.0 Å². The van der Waals surface area contributed by atoms with Crippen molar-refractivity contribution in [3.8, 4) is 0 Å². The smallest absolute Gasteiger partial charge is 0.290 e. The molecule has 0 bridgehead atoms. The summed E-state index contributed by atoms with van der Waals surface area (Å²) >= 11 is 0. The van der Waals surface area contributed by atoms with Crippen LogP contribution in [0, 0.1) is 0 Å². The molecule has 25 heavy (non-hydrogen) atoms. The molecule has 0 unspecified atom stereocenters. The largest absolute Gasteiger partial charge is 0.338 e. The van der Waals surface area contributed by atoms with Gasteiger partial charge in [-0.2, -0.15) is 0 Å². The fourth-order valence-electron chi connectivity index (χ4n) is 3.16. The van der Waals surface area contributed by atoms with Crippen molar-refractivity contribution in [1.29, 1.82) is 0 Å². The van der Waals surface area contributed by atoms with E-state index in [1.54, 1.807) is 15.5 Å². The number of carbonyl (C=O) groups is 2. The lowest BCUT2D eigenvalue weighted by Crippen LogP contribution is -2.47. The van der Waals surface area contributed by atoms with Crippen LogP contribution in [0.5, 0.6) is 0 Å². The highest BCUT2D eigenvalue weighted by Crippen LogP contribution is 2.17. The summed E-state index contributed by atoms with van der Waals surface area (Å²) in [6, 6.07) is 5.55. The van der Waals surface area contributed by atoms with Crippen LogP contribution in [0.4, 0.5) is 0 Å². The molecule has 1 fully saturated rings. The summed E-state index contributed by atoms with van der Waals surface area (Å²) in [5.74, 6) is 0.0645. The number of hydrogen-bond donors (Lipinski definition) is 0. The van der Waals surface area contributed by atoms with Gasteiger partial charge in [0.05, 0.1) is 5.52 Å². The Morgan fingerprint density at radius 3 is 2.44 bits per heavy atom. The Balaban J connectivity index is 1.99. The van der Waals surface area contributed by atoms with E-state index in [0.29, 0.717) is 43.2 Å². The van der Waals surface area contributed by atoms with Gasteiger partial charge in [-0.25, -0.2) is 4.98 Å². The lowest BCUT2D eigenvalue weighted by molar-refractivity contribution is 0.0651. The molecule has 2 aromatic rings. The van der Waals surface area contributed by atoms with Crippen LogP contribution in [0.25, 0.3) is 5.52 Å². The minimum absolute atomic E-state index is 0.118. The second-order valence-electron chi connectivity index (χ2n) is 6.31. The average molecular weight is 343 g/mol. The molecule has 3 heterocycles. The van der Waals surface area contributed by atoms with Crippen LogP contribution in [0.2, 0.25) is 0 Å². The van der Waals surface area contributed by atoms with Gasteiger partial charge in [-0.05, 0) is 33.0 Å². The van der Waals surface area contributed by atoms with Gasteiger partial charge >= 0.3 is 0 Å². The number of imidazole rings is 1. The van der Waals surface area contributed by atoms with E-state index in [-0.39, 0.29) is 11.8 Å². The predicted molar refractivity (Wildman–Crippen MR) is 95.8 cm³/mol. The third-order valence-electron chi connectivity index (χ3n) is 4.78. The van der Waals surface area contributed by atoms with E-state index in [1.165, 1.54) is 0 Å². The highest BCUT2D eigenvalue weighted by atomic mass is 16.2. The fraction of sp³-hybridized carbons (Fsp3) is 0.500. The van der Waals surface area contributed by atoms with Crippen molar-refractivity contribution in [1.82, 2.24) is 24.1 Å². The second kappa shape index (κ2) is 7.23. The predicted octanol–water partition coefficient (Wildman–Crippen LogP) is 1.20. The SMILES string of the molecule is CCN(CC)C(=O)c1nc(C(=O)N2CCN(C)CC2)n2ccccc12. The second-order valence-corrected chi connectivity index (χ2v) is 6.31. The average Bonchev–Trinajstić information content (AvgIpc) is 3.02. The molecule has 1 aliphatic heterocycles. The van der Waals surface area contributed by atoms with E-state index >= 15 is 0 Å². The van der Waals surface area contributed by atoms with Crippen LogP contribution in [-0.2, 0) is 0 Å². The number of amides is 2. The molecule has 0 atom stereocenters. The normalized spacial score (nSPS) is 15.6. The number of pyridine rings is 1. The number of rotatable bonds is 4. The number of piperazine rings is 1. The van der Waals surface area contributed by atoms with E-state index in [9.17, 15) is 9.59 Å². The van der Waals surface area contributed by atoms with Crippen LogP contribution in [0.15, 0.2) is 24.4 Å². The van der Waals surface area contributed by atoms with E-state index in [2.05, 4.69) is 9.88 Å². The summed E-state index contributed by atoms with van der Waals surface area (Å²) in [7, 11) is 2.05. The molecule has 1 aliphatic rings. The molecule has 0 saturated carbocycles. The summed E-state index contributed by atoms with van der Waals surface area (Å²) in [4.78, 5) is 36.0. The molecule has 7 nitrogen and oxygen atoms in total. The van der Waals surface area contributed by atoms with Crippen LogP contribution in [0.3, 0.4) is 0 Å². The van der Waals surface area contributed by atoms with Crippen LogP contribution < -0.4 is 0 Å². The Bertz CT molecular complexity index is 773. The monoisotopic (exact) mass is 343 g/mol. The van der Waals surface area contributed by atoms with Gasteiger partial charge in [0, 0.05) is 45.5 Å². The van der Waals surface area contributed by atoms with E-state index in [4.69, 9.17) is 0 Å². The third-order valence-corrected chi connectivity index (χ3v) is 4.78. The van der Waals surface area contributed by atoms with E-state index in [1.807, 2.05) is 44.0 Å². The van der Waals surface area contributed by atoms with E-state index < -0.39 is 0 Å². The number of nitrogens with zero attached hydrogens (tertiary/aromatic N) is 5. The lowest BCUT2D eigenvalue weighted by atomic mass is 10.3. The van der Waals surface area contributed by atoms with Gasteiger partial charge in [-0.1, -0.05) is 6.07 Å². The zero-order valence-corrected chi connectivity index (χ0v) is 15.1. The molecule has 0 aromatic carbocycles. The molecular weight excluding hydrogens is 318 g/mol. The van der Waals surface area contributed by atoms with E-state index in [0.717, 1.165) is 13.1 Å². The van der Waals surface area contributed by atoms with Crippen molar-refractivity contribution >= 4 is 17.3 Å². The minimum Gasteiger partial charge on any atom is -0.338 e. The maximum Gasteiger partial charge on any atom is 0.290 e. The van der Waals surface area contributed by atoms with Crippen LogP contribution >= 0.6 is 0 Å². The van der Waals surface area contributed by atoms with Crippen molar-refractivity contribution < 1.29 is 9.59 Å². The molecule has 0 aliphatic carbocycles. The summed E-state index contributed by atoms with van der Waals surface area (Å²) < 4.78 is 1.73. The van der Waals surface area contributed by atoms with Gasteiger partial charge in [0.1, 0.15) is 0 Å². The Morgan fingerprint density at radius 1 is 1.12 bits per heavy atom.